The molecule has 126 valence electrons. The number of aromatic nitrogens is 2. The molecule has 6 heteroatoms. The van der Waals surface area contributed by atoms with Crippen LogP contribution < -0.4 is 0 Å². The van der Waals surface area contributed by atoms with E-state index in [9.17, 15) is 4.79 Å². The van der Waals surface area contributed by atoms with Crippen LogP contribution in [-0.2, 0) is 11.3 Å². The smallest absolute Gasteiger partial charge is 0.229 e. The molecule has 1 saturated heterocycles. The molecule has 0 unspecified atom stereocenters. The topological polar surface area (TPSA) is 68.5 Å². The van der Waals surface area contributed by atoms with Crippen LogP contribution in [0.3, 0.4) is 0 Å². The average molecular weight is 327 g/mol. The number of ketones is 1. The largest absolute Gasteiger partial charge is 0.378 e. The average Bonchev–Trinajstić information content (AvgIpc) is 3.37. The Morgan fingerprint density at radius 1 is 1.25 bits per heavy atom. The van der Waals surface area contributed by atoms with Crippen LogP contribution >= 0.6 is 0 Å². The van der Waals surface area contributed by atoms with E-state index >= 15 is 0 Å². The summed E-state index contributed by atoms with van der Waals surface area (Å²) < 4.78 is 10.9. The number of ether oxygens (including phenoxy) is 1. The highest BCUT2D eigenvalue weighted by Crippen LogP contribution is 2.38. The Labute approximate surface area is 140 Å². The zero-order chi connectivity index (χ0) is 16.4. The molecule has 0 amide bonds. The van der Waals surface area contributed by atoms with E-state index in [1.165, 1.54) is 0 Å². The number of Topliss-reactive ketones (excluding diaryl/α,β-unsaturated/α-hetero) is 1. The standard InChI is InChI=1S/C18H21N3O3/c22-16(13-4-2-1-3-5-13)10-15-12-23-9-8-21(15)11-17-19-18(24-20-17)14-6-7-14/h1-5,14-15H,6-12H2/t15-/m0/s1. The molecule has 1 saturated carbocycles. The Kier molecular flexibility index (Phi) is 4.40. The molecule has 1 aliphatic heterocycles. The van der Waals surface area contributed by atoms with E-state index in [2.05, 4.69) is 15.0 Å². The van der Waals surface area contributed by atoms with Gasteiger partial charge in [-0.15, -0.1) is 0 Å². The Morgan fingerprint density at radius 3 is 2.88 bits per heavy atom. The maximum Gasteiger partial charge on any atom is 0.229 e. The monoisotopic (exact) mass is 327 g/mol. The highest BCUT2D eigenvalue weighted by atomic mass is 16.5. The van der Waals surface area contributed by atoms with Crippen LogP contribution in [0, 0.1) is 0 Å². The molecule has 1 atom stereocenters. The van der Waals surface area contributed by atoms with Crippen LogP contribution in [0.25, 0.3) is 0 Å². The first-order valence-corrected chi connectivity index (χ1v) is 8.52. The predicted octanol–water partition coefficient (Wildman–Crippen LogP) is 2.42. The SMILES string of the molecule is O=C(C[C@H]1COCCN1Cc1noc(C2CC2)n1)c1ccccc1. The Balaban J connectivity index is 1.41. The van der Waals surface area contributed by atoms with Crippen LogP contribution in [0.4, 0.5) is 0 Å². The van der Waals surface area contributed by atoms with Gasteiger partial charge in [0.2, 0.25) is 5.89 Å². The van der Waals surface area contributed by atoms with Crippen molar-refractivity contribution in [3.63, 3.8) is 0 Å². The maximum atomic E-state index is 12.5. The lowest BCUT2D eigenvalue weighted by Crippen LogP contribution is -2.46. The van der Waals surface area contributed by atoms with Crippen molar-refractivity contribution in [2.45, 2.75) is 37.8 Å². The van der Waals surface area contributed by atoms with Crippen molar-refractivity contribution >= 4 is 5.78 Å². The molecular weight excluding hydrogens is 306 g/mol. The zero-order valence-corrected chi connectivity index (χ0v) is 13.6. The molecule has 6 nitrogen and oxygen atoms in total. The quantitative estimate of drug-likeness (QED) is 0.759. The minimum Gasteiger partial charge on any atom is -0.378 e. The fraction of sp³-hybridized carbons (Fsp3) is 0.500. The van der Waals surface area contributed by atoms with Crippen molar-refractivity contribution in [1.82, 2.24) is 15.0 Å². The van der Waals surface area contributed by atoms with Gasteiger partial charge in [0, 0.05) is 30.5 Å². The third kappa shape index (κ3) is 3.55. The molecule has 0 bridgehead atoms. The highest BCUT2D eigenvalue weighted by Gasteiger charge is 2.31. The highest BCUT2D eigenvalue weighted by molar-refractivity contribution is 5.96. The molecule has 2 aromatic rings. The van der Waals surface area contributed by atoms with Gasteiger partial charge < -0.3 is 9.26 Å². The van der Waals surface area contributed by atoms with Gasteiger partial charge in [-0.3, -0.25) is 9.69 Å². The zero-order valence-electron chi connectivity index (χ0n) is 13.6. The van der Waals surface area contributed by atoms with Gasteiger partial charge in [0.15, 0.2) is 11.6 Å². The molecule has 2 heterocycles. The maximum absolute atomic E-state index is 12.5. The molecule has 0 N–H and O–H groups in total. The van der Waals surface area contributed by atoms with Crippen molar-refractivity contribution in [3.8, 4) is 0 Å². The number of morpholine rings is 1. The summed E-state index contributed by atoms with van der Waals surface area (Å²) in [7, 11) is 0. The number of benzene rings is 1. The fourth-order valence-corrected chi connectivity index (χ4v) is 3.05. The van der Waals surface area contributed by atoms with Gasteiger partial charge in [-0.05, 0) is 12.8 Å². The van der Waals surface area contributed by atoms with Crippen molar-refractivity contribution in [1.29, 1.82) is 0 Å². The van der Waals surface area contributed by atoms with Gasteiger partial charge in [0.05, 0.1) is 19.8 Å². The summed E-state index contributed by atoms with van der Waals surface area (Å²) in [6.07, 6.45) is 2.73. The van der Waals surface area contributed by atoms with E-state index in [1.54, 1.807) is 0 Å². The molecule has 0 spiro atoms. The molecule has 1 aliphatic carbocycles. The fourth-order valence-electron chi connectivity index (χ4n) is 3.05. The normalized spacial score (nSPS) is 21.8. The number of carbonyl (C=O) groups excluding carboxylic acids is 1. The molecule has 24 heavy (non-hydrogen) atoms. The second-order valence-electron chi connectivity index (χ2n) is 6.52. The minimum atomic E-state index is 0.0503. The number of rotatable bonds is 6. The minimum absolute atomic E-state index is 0.0503. The molecule has 2 fully saturated rings. The molecule has 0 radical (unpaired) electrons. The van der Waals surface area contributed by atoms with E-state index in [-0.39, 0.29) is 11.8 Å². The lowest BCUT2D eigenvalue weighted by Gasteiger charge is -2.34. The third-order valence-corrected chi connectivity index (χ3v) is 4.62. The van der Waals surface area contributed by atoms with Gasteiger partial charge >= 0.3 is 0 Å². The van der Waals surface area contributed by atoms with E-state index in [1.807, 2.05) is 30.3 Å². The van der Waals surface area contributed by atoms with E-state index in [4.69, 9.17) is 9.26 Å². The first-order chi connectivity index (χ1) is 11.8. The van der Waals surface area contributed by atoms with Crippen LogP contribution in [0.1, 0.15) is 47.3 Å². The molecular formula is C18H21N3O3. The van der Waals surface area contributed by atoms with Crippen molar-refractivity contribution in [2.24, 2.45) is 0 Å². The summed E-state index contributed by atoms with van der Waals surface area (Å²) in [6, 6.07) is 9.46. The number of carbonyl (C=O) groups is 1. The van der Waals surface area contributed by atoms with Crippen molar-refractivity contribution in [3.05, 3.63) is 47.6 Å². The predicted molar refractivity (Wildman–Crippen MR) is 86.7 cm³/mol. The van der Waals surface area contributed by atoms with Crippen LogP contribution in [0.15, 0.2) is 34.9 Å². The Morgan fingerprint density at radius 2 is 2.08 bits per heavy atom. The molecule has 2 aliphatic rings. The number of hydrogen-bond donors (Lipinski definition) is 0. The van der Waals surface area contributed by atoms with Gasteiger partial charge in [-0.1, -0.05) is 35.5 Å². The summed E-state index contributed by atoms with van der Waals surface area (Å²) >= 11 is 0. The lowest BCUT2D eigenvalue weighted by molar-refractivity contribution is -0.0139. The van der Waals surface area contributed by atoms with Crippen LogP contribution in [0.5, 0.6) is 0 Å². The van der Waals surface area contributed by atoms with Crippen molar-refractivity contribution in [2.75, 3.05) is 19.8 Å². The third-order valence-electron chi connectivity index (χ3n) is 4.62. The summed E-state index contributed by atoms with van der Waals surface area (Å²) in [5, 5.41) is 4.09. The first kappa shape index (κ1) is 15.5. The number of hydrogen-bond acceptors (Lipinski definition) is 6. The summed E-state index contributed by atoms with van der Waals surface area (Å²) in [4.78, 5) is 19.2. The van der Waals surface area contributed by atoms with Crippen molar-refractivity contribution < 1.29 is 14.1 Å². The van der Waals surface area contributed by atoms with E-state index in [0.29, 0.717) is 37.9 Å². The van der Waals surface area contributed by atoms with Gasteiger partial charge in [-0.2, -0.15) is 4.98 Å². The summed E-state index contributed by atoms with van der Waals surface area (Å²) in [6.45, 7) is 2.61. The van der Waals surface area contributed by atoms with Crippen LogP contribution in [-0.4, -0.2) is 46.6 Å². The second kappa shape index (κ2) is 6.83. The number of nitrogens with zero attached hydrogens (tertiary/aromatic N) is 3. The van der Waals surface area contributed by atoms with Gasteiger partial charge in [0.1, 0.15) is 0 Å². The van der Waals surface area contributed by atoms with Gasteiger partial charge in [-0.25, -0.2) is 0 Å². The van der Waals surface area contributed by atoms with E-state index in [0.717, 1.165) is 30.8 Å². The molecule has 1 aromatic carbocycles. The van der Waals surface area contributed by atoms with Gasteiger partial charge in [0.25, 0.3) is 0 Å². The first-order valence-electron chi connectivity index (χ1n) is 8.52. The summed E-state index contributed by atoms with van der Waals surface area (Å²) in [5.74, 6) is 2.07. The summed E-state index contributed by atoms with van der Waals surface area (Å²) in [5.41, 5.74) is 0.749. The lowest BCUT2D eigenvalue weighted by atomic mass is 10.0. The Bertz CT molecular complexity index is 697. The van der Waals surface area contributed by atoms with Crippen LogP contribution in [0.2, 0.25) is 0 Å². The second-order valence-corrected chi connectivity index (χ2v) is 6.52. The molecule has 1 aromatic heterocycles. The molecule has 4 rings (SSSR count). The Hall–Kier alpha value is -2.05. The van der Waals surface area contributed by atoms with E-state index < -0.39 is 0 Å².